The van der Waals surface area contributed by atoms with Crippen molar-refractivity contribution in [3.63, 3.8) is 0 Å². The molecule has 3 aromatic rings. The van der Waals surface area contributed by atoms with Gasteiger partial charge in [-0.25, -0.2) is 9.59 Å². The Kier molecular flexibility index (Phi) is 9.81. The standard InChI is InChI=1S/C31H37N5O5/c1-21-18-36(22(2)20-37)29(38)17-23-16-26(33-30(39)32-24-10-6-4-7-11-24)14-15-27(23)41-28(21)19-35(3)31(40)34-25-12-8-5-9-13-25/h4-16,21-22,28,37H,17-20H2,1-3H3,(H,34,40)(H2,32,33,39)/t21-,22-,28+/m0/s1. The van der Waals surface area contributed by atoms with Crippen LogP contribution in [0.15, 0.2) is 78.9 Å². The highest BCUT2D eigenvalue weighted by molar-refractivity contribution is 6.00. The van der Waals surface area contributed by atoms with Crippen LogP contribution in [0.4, 0.5) is 26.7 Å². The fourth-order valence-corrected chi connectivity index (χ4v) is 4.63. The van der Waals surface area contributed by atoms with Gasteiger partial charge in [-0.05, 0) is 49.4 Å². The average Bonchev–Trinajstić information content (AvgIpc) is 3.01. The van der Waals surface area contributed by atoms with Crippen LogP contribution < -0.4 is 20.7 Å². The lowest BCUT2D eigenvalue weighted by molar-refractivity contribution is -0.134. The number of amides is 5. The van der Waals surface area contributed by atoms with Gasteiger partial charge in [0.1, 0.15) is 11.9 Å². The van der Waals surface area contributed by atoms with Crippen molar-refractivity contribution < 1.29 is 24.2 Å². The number of carbonyl (C=O) groups is 3. The third-order valence-corrected chi connectivity index (χ3v) is 7.03. The van der Waals surface area contributed by atoms with E-state index >= 15 is 0 Å². The van der Waals surface area contributed by atoms with Crippen molar-refractivity contribution in [1.29, 1.82) is 0 Å². The van der Waals surface area contributed by atoms with Crippen molar-refractivity contribution in [3.05, 3.63) is 84.4 Å². The normalized spacial score (nSPS) is 17.6. The van der Waals surface area contributed by atoms with Gasteiger partial charge in [-0.3, -0.25) is 4.79 Å². The summed E-state index contributed by atoms with van der Waals surface area (Å²) in [6.07, 6.45) is -0.432. The number of hydrogen-bond donors (Lipinski definition) is 4. The molecule has 0 aliphatic carbocycles. The molecule has 0 saturated carbocycles. The van der Waals surface area contributed by atoms with Crippen molar-refractivity contribution in [2.24, 2.45) is 5.92 Å². The van der Waals surface area contributed by atoms with E-state index < -0.39 is 18.2 Å². The number of benzene rings is 3. The van der Waals surface area contributed by atoms with Gasteiger partial charge in [-0.15, -0.1) is 0 Å². The molecule has 1 heterocycles. The van der Waals surface area contributed by atoms with Gasteiger partial charge in [0.2, 0.25) is 5.91 Å². The Balaban J connectivity index is 1.56. The average molecular weight is 560 g/mol. The molecule has 10 nitrogen and oxygen atoms in total. The minimum absolute atomic E-state index is 0.0271. The van der Waals surface area contributed by atoms with Gasteiger partial charge < -0.3 is 35.6 Å². The first-order valence-electron chi connectivity index (χ1n) is 13.6. The van der Waals surface area contributed by atoms with Crippen LogP contribution in [0.25, 0.3) is 0 Å². The predicted octanol–water partition coefficient (Wildman–Crippen LogP) is 4.64. The minimum Gasteiger partial charge on any atom is -0.488 e. The van der Waals surface area contributed by atoms with Crippen LogP contribution in [-0.2, 0) is 11.2 Å². The number of para-hydroxylation sites is 2. The number of ether oxygens (including phenoxy) is 1. The molecule has 0 spiro atoms. The molecule has 0 aromatic heterocycles. The van der Waals surface area contributed by atoms with E-state index in [1.807, 2.05) is 55.5 Å². The van der Waals surface area contributed by atoms with Crippen LogP contribution in [0, 0.1) is 5.92 Å². The van der Waals surface area contributed by atoms with Crippen LogP contribution in [-0.4, -0.2) is 71.8 Å². The van der Waals surface area contributed by atoms with E-state index in [2.05, 4.69) is 16.0 Å². The molecule has 3 atom stereocenters. The number of nitrogens with zero attached hydrogens (tertiary/aromatic N) is 2. The van der Waals surface area contributed by atoms with E-state index in [-0.39, 0.29) is 37.4 Å². The molecular formula is C31H37N5O5. The SMILES string of the molecule is C[C@H]1CN([C@@H](C)CO)C(=O)Cc2cc(NC(=O)Nc3ccccc3)ccc2O[C@@H]1CN(C)C(=O)Nc1ccccc1. The Bertz CT molecular complexity index is 1340. The highest BCUT2D eigenvalue weighted by Crippen LogP contribution is 2.29. The van der Waals surface area contributed by atoms with Gasteiger partial charge in [0.05, 0.1) is 25.6 Å². The molecule has 10 heteroatoms. The summed E-state index contributed by atoms with van der Waals surface area (Å²) in [5.41, 5.74) is 2.43. The Labute approximate surface area is 240 Å². The third kappa shape index (κ3) is 7.98. The molecule has 1 aliphatic rings. The number of anilines is 3. The first-order chi connectivity index (χ1) is 19.7. The molecule has 3 aromatic carbocycles. The number of hydrogen-bond acceptors (Lipinski definition) is 5. The Morgan fingerprint density at radius 1 is 0.976 bits per heavy atom. The number of fused-ring (bicyclic) bond motifs is 1. The number of aliphatic hydroxyl groups excluding tert-OH is 1. The second kappa shape index (κ2) is 13.7. The fraction of sp³-hybridized carbons (Fsp3) is 0.323. The smallest absolute Gasteiger partial charge is 0.323 e. The monoisotopic (exact) mass is 559 g/mol. The van der Waals surface area contributed by atoms with Gasteiger partial charge in [-0.1, -0.05) is 43.3 Å². The molecule has 0 fully saturated rings. The van der Waals surface area contributed by atoms with E-state index in [9.17, 15) is 19.5 Å². The van der Waals surface area contributed by atoms with Crippen molar-refractivity contribution in [2.45, 2.75) is 32.4 Å². The second-order valence-electron chi connectivity index (χ2n) is 10.3. The van der Waals surface area contributed by atoms with Crippen molar-refractivity contribution in [2.75, 3.05) is 42.7 Å². The highest BCUT2D eigenvalue weighted by atomic mass is 16.5. The molecule has 216 valence electrons. The Morgan fingerprint density at radius 2 is 1.59 bits per heavy atom. The molecule has 0 radical (unpaired) electrons. The van der Waals surface area contributed by atoms with Crippen LogP contribution in [0.1, 0.15) is 19.4 Å². The summed E-state index contributed by atoms with van der Waals surface area (Å²) in [5, 5.41) is 18.3. The lowest BCUT2D eigenvalue weighted by Gasteiger charge is -2.34. The largest absolute Gasteiger partial charge is 0.488 e. The zero-order chi connectivity index (χ0) is 29.4. The third-order valence-electron chi connectivity index (χ3n) is 7.03. The summed E-state index contributed by atoms with van der Waals surface area (Å²) < 4.78 is 6.47. The number of aliphatic hydroxyl groups is 1. The van der Waals surface area contributed by atoms with Crippen molar-refractivity contribution in [3.8, 4) is 5.75 Å². The maximum absolute atomic E-state index is 13.4. The molecule has 4 rings (SSSR count). The molecule has 4 N–H and O–H groups in total. The van der Waals surface area contributed by atoms with Crippen LogP contribution in [0.5, 0.6) is 5.75 Å². The Morgan fingerprint density at radius 3 is 2.22 bits per heavy atom. The first kappa shape index (κ1) is 29.4. The highest BCUT2D eigenvalue weighted by Gasteiger charge is 2.32. The maximum atomic E-state index is 13.4. The quantitative estimate of drug-likeness (QED) is 0.336. The van der Waals surface area contributed by atoms with Crippen LogP contribution in [0.2, 0.25) is 0 Å². The number of urea groups is 2. The van der Waals surface area contributed by atoms with E-state index in [1.54, 1.807) is 54.1 Å². The number of rotatable bonds is 7. The molecule has 0 unspecified atom stereocenters. The van der Waals surface area contributed by atoms with Gasteiger partial charge >= 0.3 is 12.1 Å². The zero-order valence-electron chi connectivity index (χ0n) is 23.5. The molecule has 0 bridgehead atoms. The predicted molar refractivity (Wildman–Crippen MR) is 159 cm³/mol. The molecule has 5 amide bonds. The van der Waals surface area contributed by atoms with E-state index in [0.29, 0.717) is 34.9 Å². The number of nitrogens with one attached hydrogen (secondary N) is 3. The number of likely N-dealkylation sites (N-methyl/N-ethyl adjacent to an activating group) is 1. The summed E-state index contributed by atoms with van der Waals surface area (Å²) in [7, 11) is 1.69. The summed E-state index contributed by atoms with van der Waals surface area (Å²) in [6.45, 7) is 4.18. The zero-order valence-corrected chi connectivity index (χ0v) is 23.5. The molecule has 1 aliphatic heterocycles. The van der Waals surface area contributed by atoms with Crippen LogP contribution in [0.3, 0.4) is 0 Å². The van der Waals surface area contributed by atoms with Gasteiger partial charge in [-0.2, -0.15) is 0 Å². The summed E-state index contributed by atoms with van der Waals surface area (Å²) in [5.74, 6) is 0.171. The van der Waals surface area contributed by atoms with E-state index in [0.717, 1.165) is 0 Å². The second-order valence-corrected chi connectivity index (χ2v) is 10.3. The first-order valence-corrected chi connectivity index (χ1v) is 13.6. The molecular weight excluding hydrogens is 522 g/mol. The lowest BCUT2D eigenvalue weighted by Crippen LogP contribution is -2.48. The van der Waals surface area contributed by atoms with Gasteiger partial charge in [0.15, 0.2) is 0 Å². The van der Waals surface area contributed by atoms with Gasteiger partial charge in [0, 0.05) is 42.1 Å². The topological polar surface area (TPSA) is 123 Å². The number of carbonyl (C=O) groups excluding carboxylic acids is 3. The van der Waals surface area contributed by atoms with Gasteiger partial charge in [0.25, 0.3) is 0 Å². The van der Waals surface area contributed by atoms with E-state index in [4.69, 9.17) is 4.74 Å². The molecule has 0 saturated heterocycles. The fourth-order valence-electron chi connectivity index (χ4n) is 4.63. The summed E-state index contributed by atoms with van der Waals surface area (Å²) >= 11 is 0. The van der Waals surface area contributed by atoms with Crippen molar-refractivity contribution in [1.82, 2.24) is 9.80 Å². The minimum atomic E-state index is -0.459. The van der Waals surface area contributed by atoms with E-state index in [1.165, 1.54) is 0 Å². The lowest BCUT2D eigenvalue weighted by atomic mass is 10.0. The maximum Gasteiger partial charge on any atom is 0.323 e. The van der Waals surface area contributed by atoms with Crippen LogP contribution >= 0.6 is 0 Å². The van der Waals surface area contributed by atoms with Crippen molar-refractivity contribution >= 4 is 35.0 Å². The molecule has 41 heavy (non-hydrogen) atoms. The Hall–Kier alpha value is -4.57. The summed E-state index contributed by atoms with van der Waals surface area (Å²) in [6, 6.07) is 22.3. The summed E-state index contributed by atoms with van der Waals surface area (Å²) in [4.78, 5) is 42.1.